The fraction of sp³-hybridized carbons (Fsp3) is 0.143. The summed E-state index contributed by atoms with van der Waals surface area (Å²) in [6, 6.07) is 18.3. The quantitative estimate of drug-likeness (QED) is 0.429. The Morgan fingerprint density at radius 2 is 1.81 bits per heavy atom. The van der Waals surface area contributed by atoms with Gasteiger partial charge in [-0.15, -0.1) is 0 Å². The molecule has 0 aliphatic heterocycles. The molecule has 0 aliphatic rings. The maximum Gasteiger partial charge on any atom is 0.278 e. The Labute approximate surface area is 155 Å². The van der Waals surface area contributed by atoms with Crippen molar-refractivity contribution in [1.29, 1.82) is 0 Å². The number of benzene rings is 2. The van der Waals surface area contributed by atoms with Crippen LogP contribution in [0.3, 0.4) is 0 Å². The summed E-state index contributed by atoms with van der Waals surface area (Å²) in [5.41, 5.74) is 5.73. The number of H-pyrrole nitrogens is 1. The summed E-state index contributed by atoms with van der Waals surface area (Å²) in [6.45, 7) is 2.10. The molecule has 0 saturated carbocycles. The van der Waals surface area contributed by atoms with E-state index in [1.807, 2.05) is 48.7 Å². The van der Waals surface area contributed by atoms with E-state index in [1.165, 1.54) is 11.1 Å². The first-order valence-corrected chi connectivity index (χ1v) is 9.44. The average molecular weight is 361 g/mol. The smallest absolute Gasteiger partial charge is 0.278 e. The van der Waals surface area contributed by atoms with Gasteiger partial charge in [0.05, 0.1) is 0 Å². The second kappa shape index (κ2) is 6.84. The lowest BCUT2D eigenvalue weighted by Crippen LogP contribution is -2.20. The molecule has 0 aliphatic carbocycles. The molecule has 2 heterocycles. The highest BCUT2D eigenvalue weighted by molar-refractivity contribution is 7.98. The normalized spacial score (nSPS) is 11.2. The third kappa shape index (κ3) is 2.95. The number of aryl methyl sites for hydroxylation is 1. The molecule has 1 N–H and O–H groups in total. The highest BCUT2D eigenvalue weighted by atomic mass is 32.2. The first-order chi connectivity index (χ1) is 12.6. The molecule has 0 saturated heterocycles. The van der Waals surface area contributed by atoms with Gasteiger partial charge in [-0.3, -0.25) is 9.36 Å². The van der Waals surface area contributed by atoms with Gasteiger partial charge in [0, 0.05) is 24.6 Å². The molecule has 4 rings (SSSR count). The average Bonchev–Trinajstić information content (AvgIpc) is 3.09. The van der Waals surface area contributed by atoms with Crippen LogP contribution in [0.25, 0.3) is 22.2 Å². The summed E-state index contributed by atoms with van der Waals surface area (Å²) < 4.78 is 1.62. The number of nitrogens with one attached hydrogen (secondary N) is 1. The third-order valence-corrected chi connectivity index (χ3v) is 5.65. The predicted molar refractivity (Wildman–Crippen MR) is 108 cm³/mol. The fourth-order valence-corrected chi connectivity index (χ4v) is 4.04. The molecule has 2 aromatic heterocycles. The first-order valence-electron chi connectivity index (χ1n) is 8.46. The number of hydrogen-bond acceptors (Lipinski definition) is 3. The predicted octanol–water partition coefficient (Wildman–Crippen LogP) is 4.53. The molecule has 0 fully saturated rings. The molecule has 4 aromatic rings. The van der Waals surface area contributed by atoms with E-state index in [9.17, 15) is 4.79 Å². The lowest BCUT2D eigenvalue weighted by atomic mass is 10.1. The van der Waals surface area contributed by atoms with E-state index in [1.54, 1.807) is 23.4 Å². The van der Waals surface area contributed by atoms with Crippen molar-refractivity contribution >= 4 is 22.8 Å². The summed E-state index contributed by atoms with van der Waals surface area (Å²) in [7, 11) is 1.78. The Morgan fingerprint density at radius 3 is 2.58 bits per heavy atom. The minimum atomic E-state index is -0.0514. The summed E-state index contributed by atoms with van der Waals surface area (Å²) in [6.07, 6.45) is 1.87. The van der Waals surface area contributed by atoms with Crippen molar-refractivity contribution in [2.24, 2.45) is 7.05 Å². The van der Waals surface area contributed by atoms with Crippen molar-refractivity contribution < 1.29 is 0 Å². The molecule has 2 aromatic carbocycles. The number of nitrogens with zero attached hydrogens (tertiary/aromatic N) is 2. The highest BCUT2D eigenvalue weighted by Crippen LogP contribution is 2.28. The monoisotopic (exact) mass is 361 g/mol. The van der Waals surface area contributed by atoms with Crippen LogP contribution < -0.4 is 5.56 Å². The highest BCUT2D eigenvalue weighted by Gasteiger charge is 2.15. The first kappa shape index (κ1) is 16.7. The van der Waals surface area contributed by atoms with E-state index in [0.29, 0.717) is 5.52 Å². The van der Waals surface area contributed by atoms with Crippen LogP contribution in [0.5, 0.6) is 0 Å². The van der Waals surface area contributed by atoms with E-state index >= 15 is 0 Å². The number of thioether (sulfide) groups is 1. The molecule has 5 heteroatoms. The van der Waals surface area contributed by atoms with Crippen LogP contribution >= 0.6 is 11.8 Å². The summed E-state index contributed by atoms with van der Waals surface area (Å²) >= 11 is 1.59. The zero-order valence-corrected chi connectivity index (χ0v) is 15.5. The molecule has 0 spiro atoms. The van der Waals surface area contributed by atoms with Crippen LogP contribution in [0.15, 0.2) is 70.7 Å². The second-order valence-electron chi connectivity index (χ2n) is 6.27. The largest absolute Gasteiger partial charge is 0.355 e. The molecule has 0 unspecified atom stereocenters. The van der Waals surface area contributed by atoms with Crippen LogP contribution in [0.4, 0.5) is 0 Å². The molecular formula is C21H19N3OS. The molecule has 26 heavy (non-hydrogen) atoms. The number of rotatable bonds is 4. The van der Waals surface area contributed by atoms with Crippen molar-refractivity contribution in [3.8, 4) is 11.1 Å². The van der Waals surface area contributed by atoms with Crippen LogP contribution in [-0.4, -0.2) is 14.5 Å². The molecule has 130 valence electrons. The standard InChI is InChI=1S/C21H19N3OS/c1-14-8-6-7-11-16(14)13-26-21-23-18-17(15-9-4-3-5-10-15)12-22-19(18)20(25)24(21)2/h3-12,22H,13H2,1-2H3. The Hall–Kier alpha value is -2.79. The van der Waals surface area contributed by atoms with Gasteiger partial charge >= 0.3 is 0 Å². The number of hydrogen-bond donors (Lipinski definition) is 1. The molecule has 4 nitrogen and oxygen atoms in total. The van der Waals surface area contributed by atoms with Crippen molar-refractivity contribution in [2.75, 3.05) is 0 Å². The zero-order chi connectivity index (χ0) is 18.1. The number of aromatic amines is 1. The Kier molecular flexibility index (Phi) is 4.39. The molecule has 0 atom stereocenters. The van der Waals surface area contributed by atoms with Crippen LogP contribution in [-0.2, 0) is 12.8 Å². The summed E-state index contributed by atoms with van der Waals surface area (Å²) in [5.74, 6) is 0.781. The van der Waals surface area contributed by atoms with E-state index in [4.69, 9.17) is 4.98 Å². The Bertz CT molecular complexity index is 1130. The van der Waals surface area contributed by atoms with Crippen LogP contribution in [0, 0.1) is 6.92 Å². The summed E-state index contributed by atoms with van der Waals surface area (Å²) in [5, 5.41) is 0.725. The van der Waals surface area contributed by atoms with Gasteiger partial charge in [0.1, 0.15) is 11.0 Å². The zero-order valence-electron chi connectivity index (χ0n) is 14.7. The van der Waals surface area contributed by atoms with E-state index in [2.05, 4.69) is 24.0 Å². The van der Waals surface area contributed by atoms with Gasteiger partial charge in [-0.25, -0.2) is 4.98 Å². The van der Waals surface area contributed by atoms with Crippen molar-refractivity contribution in [2.45, 2.75) is 17.8 Å². The lowest BCUT2D eigenvalue weighted by Gasteiger charge is -2.09. The van der Waals surface area contributed by atoms with E-state index in [0.717, 1.165) is 27.6 Å². The van der Waals surface area contributed by atoms with Gasteiger partial charge < -0.3 is 4.98 Å². The topological polar surface area (TPSA) is 50.7 Å². The molecule has 0 bridgehead atoms. The van der Waals surface area contributed by atoms with Gasteiger partial charge in [-0.2, -0.15) is 0 Å². The SMILES string of the molecule is Cc1ccccc1CSc1nc2c(-c3ccccc3)c[nH]c2c(=O)n1C. The van der Waals surface area contributed by atoms with Crippen LogP contribution in [0.1, 0.15) is 11.1 Å². The van der Waals surface area contributed by atoms with E-state index < -0.39 is 0 Å². The summed E-state index contributed by atoms with van der Waals surface area (Å²) in [4.78, 5) is 20.7. The molecular weight excluding hydrogens is 342 g/mol. The van der Waals surface area contributed by atoms with Crippen molar-refractivity contribution in [1.82, 2.24) is 14.5 Å². The Morgan fingerprint density at radius 1 is 1.08 bits per heavy atom. The van der Waals surface area contributed by atoms with Crippen molar-refractivity contribution in [3.63, 3.8) is 0 Å². The van der Waals surface area contributed by atoms with Gasteiger partial charge in [-0.05, 0) is 23.6 Å². The second-order valence-corrected chi connectivity index (χ2v) is 7.21. The van der Waals surface area contributed by atoms with E-state index in [-0.39, 0.29) is 5.56 Å². The Balaban J connectivity index is 1.77. The van der Waals surface area contributed by atoms with Gasteiger partial charge in [0.2, 0.25) is 0 Å². The maximum atomic E-state index is 12.8. The van der Waals surface area contributed by atoms with Gasteiger partial charge in [0.15, 0.2) is 5.16 Å². The van der Waals surface area contributed by atoms with Crippen molar-refractivity contribution in [3.05, 3.63) is 82.3 Å². The molecule has 0 amide bonds. The van der Waals surface area contributed by atoms with Crippen LogP contribution in [0.2, 0.25) is 0 Å². The fourth-order valence-electron chi connectivity index (χ4n) is 3.00. The van der Waals surface area contributed by atoms with Gasteiger partial charge in [0.25, 0.3) is 5.56 Å². The molecule has 0 radical (unpaired) electrons. The van der Waals surface area contributed by atoms with Gasteiger partial charge in [-0.1, -0.05) is 66.4 Å². The maximum absolute atomic E-state index is 12.8. The number of aromatic nitrogens is 3. The lowest BCUT2D eigenvalue weighted by molar-refractivity contribution is 0.725. The minimum absolute atomic E-state index is 0.0514. The number of fused-ring (bicyclic) bond motifs is 1. The minimum Gasteiger partial charge on any atom is -0.355 e. The third-order valence-electron chi connectivity index (χ3n) is 4.57.